The van der Waals surface area contributed by atoms with Crippen LogP contribution in [0.2, 0.25) is 0 Å². The molecule has 0 aliphatic carbocycles. The van der Waals surface area contributed by atoms with Crippen molar-refractivity contribution in [3.63, 3.8) is 0 Å². The van der Waals surface area contributed by atoms with Crippen LogP contribution >= 0.6 is 0 Å². The molecule has 1 aromatic heterocycles. The lowest BCUT2D eigenvalue weighted by Gasteiger charge is -2.03. The van der Waals surface area contributed by atoms with Crippen LogP contribution in [0.25, 0.3) is 0 Å². The molecule has 4 nitrogen and oxygen atoms in total. The molecule has 0 fully saturated rings. The first-order chi connectivity index (χ1) is 9.08. The van der Waals surface area contributed by atoms with Crippen LogP contribution in [-0.2, 0) is 12.8 Å². The quantitative estimate of drug-likeness (QED) is 0.896. The average Bonchev–Trinajstić information content (AvgIpc) is 2.81. The Hall–Kier alpha value is -1.68. The zero-order chi connectivity index (χ0) is 13.8. The highest BCUT2D eigenvalue weighted by Gasteiger charge is 2.10. The van der Waals surface area contributed by atoms with Crippen molar-refractivity contribution < 1.29 is 4.52 Å². The summed E-state index contributed by atoms with van der Waals surface area (Å²) >= 11 is 0. The lowest BCUT2D eigenvalue weighted by molar-refractivity contribution is 0.363. The number of hydrogen-bond acceptors (Lipinski definition) is 4. The summed E-state index contributed by atoms with van der Waals surface area (Å²) in [6, 6.07) is 6.49. The van der Waals surface area contributed by atoms with Gasteiger partial charge < -0.3 is 10.3 Å². The number of benzene rings is 1. The van der Waals surface area contributed by atoms with Crippen molar-refractivity contribution in [2.45, 2.75) is 46.1 Å². The Morgan fingerprint density at radius 1 is 1.26 bits per heavy atom. The molecular formula is C15H21N3O. The molecule has 0 bridgehead atoms. The standard InChI is InChI=1S/C15H21N3O/c1-4-13(16)9-15-17-14(18-19-15)8-12-6-5-10(2)11(3)7-12/h5-7,13H,4,8-9,16H2,1-3H3. The molecule has 102 valence electrons. The molecule has 1 atom stereocenters. The second-order valence-electron chi connectivity index (χ2n) is 5.07. The first kappa shape index (κ1) is 13.7. The first-order valence-electron chi connectivity index (χ1n) is 6.71. The van der Waals surface area contributed by atoms with E-state index in [0.717, 1.165) is 12.2 Å². The van der Waals surface area contributed by atoms with E-state index >= 15 is 0 Å². The minimum Gasteiger partial charge on any atom is -0.339 e. The van der Waals surface area contributed by atoms with Gasteiger partial charge in [-0.25, -0.2) is 0 Å². The fraction of sp³-hybridized carbons (Fsp3) is 0.467. The molecule has 2 aromatic rings. The van der Waals surface area contributed by atoms with Crippen LogP contribution in [0.1, 0.15) is 41.8 Å². The molecule has 0 aliphatic heterocycles. The zero-order valence-electron chi connectivity index (χ0n) is 11.8. The monoisotopic (exact) mass is 259 g/mol. The summed E-state index contributed by atoms with van der Waals surface area (Å²) in [6.45, 7) is 6.27. The highest BCUT2D eigenvalue weighted by molar-refractivity contribution is 5.31. The van der Waals surface area contributed by atoms with Crippen molar-refractivity contribution in [1.82, 2.24) is 10.1 Å². The van der Waals surface area contributed by atoms with Gasteiger partial charge in [0.25, 0.3) is 0 Å². The SMILES string of the molecule is CCC(N)Cc1nc(Cc2ccc(C)c(C)c2)no1. The normalized spacial score (nSPS) is 12.6. The number of rotatable bonds is 5. The third-order valence-corrected chi connectivity index (χ3v) is 3.40. The Morgan fingerprint density at radius 3 is 2.74 bits per heavy atom. The molecule has 1 aromatic carbocycles. The minimum absolute atomic E-state index is 0.0925. The number of aryl methyl sites for hydroxylation is 2. The third kappa shape index (κ3) is 3.64. The second kappa shape index (κ2) is 5.97. The summed E-state index contributed by atoms with van der Waals surface area (Å²) < 4.78 is 5.22. The maximum atomic E-state index is 5.88. The van der Waals surface area contributed by atoms with Gasteiger partial charge in [0.1, 0.15) is 0 Å². The first-order valence-corrected chi connectivity index (χ1v) is 6.71. The van der Waals surface area contributed by atoms with E-state index in [9.17, 15) is 0 Å². The van der Waals surface area contributed by atoms with Crippen LogP contribution in [-0.4, -0.2) is 16.2 Å². The van der Waals surface area contributed by atoms with Gasteiger partial charge >= 0.3 is 0 Å². The zero-order valence-corrected chi connectivity index (χ0v) is 11.8. The number of nitrogens with two attached hydrogens (primary N) is 1. The molecule has 0 spiro atoms. The van der Waals surface area contributed by atoms with Crippen molar-refractivity contribution in [2.24, 2.45) is 5.73 Å². The molecule has 19 heavy (non-hydrogen) atoms. The van der Waals surface area contributed by atoms with Crippen LogP contribution in [0.5, 0.6) is 0 Å². The predicted molar refractivity (Wildman–Crippen MR) is 75.0 cm³/mol. The van der Waals surface area contributed by atoms with Gasteiger partial charge in [-0.1, -0.05) is 30.3 Å². The van der Waals surface area contributed by atoms with Crippen LogP contribution in [0.3, 0.4) is 0 Å². The molecular weight excluding hydrogens is 238 g/mol. The second-order valence-corrected chi connectivity index (χ2v) is 5.07. The molecule has 4 heteroatoms. The molecule has 0 saturated heterocycles. The summed E-state index contributed by atoms with van der Waals surface area (Å²) in [5, 5.41) is 4.01. The van der Waals surface area contributed by atoms with Crippen molar-refractivity contribution in [1.29, 1.82) is 0 Å². The molecule has 0 amide bonds. The summed E-state index contributed by atoms with van der Waals surface area (Å²) in [6.07, 6.45) is 2.26. The van der Waals surface area contributed by atoms with Gasteiger partial charge in [-0.2, -0.15) is 4.98 Å². The Labute approximate surface area is 114 Å². The van der Waals surface area contributed by atoms with E-state index < -0.39 is 0 Å². The lowest BCUT2D eigenvalue weighted by Crippen LogP contribution is -2.21. The van der Waals surface area contributed by atoms with E-state index in [1.807, 2.05) is 0 Å². The summed E-state index contributed by atoms with van der Waals surface area (Å²) in [4.78, 5) is 4.39. The van der Waals surface area contributed by atoms with E-state index in [1.54, 1.807) is 0 Å². The van der Waals surface area contributed by atoms with Gasteiger partial charge in [0.2, 0.25) is 5.89 Å². The van der Waals surface area contributed by atoms with Gasteiger partial charge in [0.05, 0.1) is 0 Å². The highest BCUT2D eigenvalue weighted by Crippen LogP contribution is 2.13. The molecule has 0 saturated carbocycles. The van der Waals surface area contributed by atoms with Gasteiger partial charge in [-0.05, 0) is 37.0 Å². The summed E-state index contributed by atoms with van der Waals surface area (Å²) in [7, 11) is 0. The third-order valence-electron chi connectivity index (χ3n) is 3.40. The fourth-order valence-electron chi connectivity index (χ4n) is 1.91. The molecule has 2 N–H and O–H groups in total. The fourth-order valence-corrected chi connectivity index (χ4v) is 1.91. The Bertz CT molecular complexity index is 548. The molecule has 0 aliphatic rings. The number of nitrogens with zero attached hydrogens (tertiary/aromatic N) is 2. The van der Waals surface area contributed by atoms with E-state index in [4.69, 9.17) is 10.3 Å². The van der Waals surface area contributed by atoms with E-state index in [1.165, 1.54) is 16.7 Å². The Balaban J connectivity index is 2.05. The van der Waals surface area contributed by atoms with E-state index in [-0.39, 0.29) is 6.04 Å². The number of aromatic nitrogens is 2. The largest absolute Gasteiger partial charge is 0.339 e. The Morgan fingerprint density at radius 2 is 2.05 bits per heavy atom. The van der Waals surface area contributed by atoms with Crippen LogP contribution in [0.4, 0.5) is 0 Å². The maximum absolute atomic E-state index is 5.88. The van der Waals surface area contributed by atoms with Crippen LogP contribution in [0.15, 0.2) is 22.7 Å². The molecule has 1 heterocycles. The minimum atomic E-state index is 0.0925. The molecule has 2 rings (SSSR count). The smallest absolute Gasteiger partial charge is 0.228 e. The lowest BCUT2D eigenvalue weighted by atomic mass is 10.0. The van der Waals surface area contributed by atoms with Crippen molar-refractivity contribution >= 4 is 0 Å². The van der Waals surface area contributed by atoms with Crippen molar-refractivity contribution in [2.75, 3.05) is 0 Å². The number of hydrogen-bond donors (Lipinski definition) is 1. The van der Waals surface area contributed by atoms with Gasteiger partial charge in [0.15, 0.2) is 5.82 Å². The van der Waals surface area contributed by atoms with Crippen LogP contribution in [0, 0.1) is 13.8 Å². The Kier molecular flexibility index (Phi) is 4.32. The van der Waals surface area contributed by atoms with Gasteiger partial charge in [-0.3, -0.25) is 0 Å². The highest BCUT2D eigenvalue weighted by atomic mass is 16.5. The predicted octanol–water partition coefficient (Wildman–Crippen LogP) is 2.56. The van der Waals surface area contributed by atoms with Crippen molar-refractivity contribution in [3.05, 3.63) is 46.6 Å². The van der Waals surface area contributed by atoms with Crippen LogP contribution < -0.4 is 5.73 Å². The van der Waals surface area contributed by atoms with Gasteiger partial charge in [0, 0.05) is 18.9 Å². The van der Waals surface area contributed by atoms with E-state index in [0.29, 0.717) is 18.7 Å². The molecule has 1 unspecified atom stereocenters. The van der Waals surface area contributed by atoms with Gasteiger partial charge in [-0.15, -0.1) is 0 Å². The summed E-state index contributed by atoms with van der Waals surface area (Å²) in [5.41, 5.74) is 9.66. The maximum Gasteiger partial charge on any atom is 0.228 e. The van der Waals surface area contributed by atoms with Crippen molar-refractivity contribution in [3.8, 4) is 0 Å². The molecule has 0 radical (unpaired) electrons. The van der Waals surface area contributed by atoms with E-state index in [2.05, 4.69) is 49.1 Å². The summed E-state index contributed by atoms with van der Waals surface area (Å²) in [5.74, 6) is 1.36. The average molecular weight is 259 g/mol. The topological polar surface area (TPSA) is 64.9 Å².